The lowest BCUT2D eigenvalue weighted by Gasteiger charge is -2.21. The third-order valence-electron chi connectivity index (χ3n) is 4.85. The lowest BCUT2D eigenvalue weighted by Crippen LogP contribution is -2.38. The van der Waals surface area contributed by atoms with Crippen molar-refractivity contribution >= 4 is 24.0 Å². The molecule has 198 valence electrons. The third-order valence-corrected chi connectivity index (χ3v) is 4.85. The topological polar surface area (TPSA) is 209 Å². The standard InChI is InChI=1S/C24H28N2O8.2H2O/c1-16(3-4-17-5-8-19(33-2)9-6-17)25-22(29)14-18-7-10-21(28)20(13-18)26(15-27)34-24(32)12-11-23(30)31;;/h5-13,15-16,22,25,28-29H,3-4,14H2,1-2H3,(H,30,31);2*1H2/b12-11+;;. The molecule has 0 saturated carbocycles. The molecular weight excluding hydrogens is 476 g/mol. The van der Waals surface area contributed by atoms with Crippen molar-refractivity contribution in [2.24, 2.45) is 0 Å². The second kappa shape index (κ2) is 15.8. The number of carbonyl (C=O) groups excluding carboxylic acids is 2. The van der Waals surface area contributed by atoms with E-state index in [4.69, 9.17) is 14.7 Å². The van der Waals surface area contributed by atoms with Gasteiger partial charge in [-0.05, 0) is 55.2 Å². The monoisotopic (exact) mass is 508 g/mol. The van der Waals surface area contributed by atoms with Gasteiger partial charge in [-0.1, -0.05) is 18.2 Å². The second-order valence-electron chi connectivity index (χ2n) is 7.51. The number of nitrogens with zero attached hydrogens (tertiary/aromatic N) is 1. The molecule has 0 aromatic heterocycles. The van der Waals surface area contributed by atoms with E-state index in [1.807, 2.05) is 31.2 Å². The zero-order valence-corrected chi connectivity index (χ0v) is 19.9. The first-order valence-corrected chi connectivity index (χ1v) is 10.5. The molecule has 0 spiro atoms. The molecule has 12 nitrogen and oxygen atoms in total. The number of rotatable bonds is 13. The molecule has 0 aliphatic carbocycles. The van der Waals surface area contributed by atoms with Crippen molar-refractivity contribution in [3.05, 3.63) is 65.7 Å². The Labute approximate surface area is 207 Å². The molecule has 2 unspecified atom stereocenters. The van der Waals surface area contributed by atoms with Crippen LogP contribution in [0.15, 0.2) is 54.6 Å². The normalized spacial score (nSPS) is 12.0. The van der Waals surface area contributed by atoms with E-state index in [-0.39, 0.29) is 41.3 Å². The first kappa shape index (κ1) is 32.0. The molecule has 0 fully saturated rings. The number of phenolic OH excluding ortho intramolecular Hbond substituents is 1. The minimum Gasteiger partial charge on any atom is -0.506 e. The van der Waals surface area contributed by atoms with Crippen molar-refractivity contribution in [1.82, 2.24) is 5.32 Å². The van der Waals surface area contributed by atoms with Gasteiger partial charge in [0.05, 0.1) is 7.11 Å². The number of aromatic hydroxyl groups is 1. The Morgan fingerprint density at radius 2 is 1.72 bits per heavy atom. The molecule has 12 heteroatoms. The smallest absolute Gasteiger partial charge is 0.356 e. The Morgan fingerprint density at radius 3 is 2.31 bits per heavy atom. The van der Waals surface area contributed by atoms with E-state index in [0.29, 0.717) is 22.8 Å². The largest absolute Gasteiger partial charge is 0.506 e. The summed E-state index contributed by atoms with van der Waals surface area (Å²) in [6.07, 6.45) is 2.17. The highest BCUT2D eigenvalue weighted by atomic mass is 16.7. The molecule has 2 aromatic carbocycles. The Kier molecular flexibility index (Phi) is 14.1. The quantitative estimate of drug-likeness (QED) is 0.127. The Balaban J connectivity index is 0.00000612. The van der Waals surface area contributed by atoms with Crippen LogP contribution in [0.1, 0.15) is 24.5 Å². The minimum absolute atomic E-state index is 0. The van der Waals surface area contributed by atoms with E-state index >= 15 is 0 Å². The minimum atomic E-state index is -1.36. The number of hydroxylamine groups is 1. The molecule has 0 heterocycles. The van der Waals surface area contributed by atoms with Crippen molar-refractivity contribution in [2.75, 3.05) is 12.2 Å². The number of carboxylic acids is 1. The fourth-order valence-corrected chi connectivity index (χ4v) is 3.14. The first-order valence-electron chi connectivity index (χ1n) is 10.5. The molecule has 2 atom stereocenters. The summed E-state index contributed by atoms with van der Waals surface area (Å²) in [6.45, 7) is 1.95. The summed E-state index contributed by atoms with van der Waals surface area (Å²) >= 11 is 0. The van der Waals surface area contributed by atoms with Crippen LogP contribution in [0.4, 0.5) is 5.69 Å². The van der Waals surface area contributed by atoms with Gasteiger partial charge in [-0.3, -0.25) is 10.1 Å². The van der Waals surface area contributed by atoms with E-state index in [0.717, 1.165) is 24.2 Å². The summed E-state index contributed by atoms with van der Waals surface area (Å²) in [5.41, 5.74) is 1.57. The van der Waals surface area contributed by atoms with Crippen molar-refractivity contribution in [3.8, 4) is 11.5 Å². The number of carboxylic acid groups (broad SMARTS) is 1. The highest BCUT2D eigenvalue weighted by Crippen LogP contribution is 2.28. The van der Waals surface area contributed by atoms with Gasteiger partial charge in [-0.25, -0.2) is 9.59 Å². The average molecular weight is 509 g/mol. The zero-order chi connectivity index (χ0) is 25.1. The number of hydrogen-bond acceptors (Lipinski definition) is 8. The number of aliphatic hydroxyl groups excluding tert-OH is 1. The van der Waals surface area contributed by atoms with Crippen LogP contribution in [0, 0.1) is 0 Å². The van der Waals surface area contributed by atoms with Crippen LogP contribution in [-0.2, 0) is 32.1 Å². The summed E-state index contributed by atoms with van der Waals surface area (Å²) in [4.78, 5) is 38.3. The lowest BCUT2D eigenvalue weighted by atomic mass is 10.0. The second-order valence-corrected chi connectivity index (χ2v) is 7.51. The maximum absolute atomic E-state index is 11.7. The van der Waals surface area contributed by atoms with Gasteiger partial charge in [-0.2, -0.15) is 0 Å². The Morgan fingerprint density at radius 1 is 1.08 bits per heavy atom. The fourth-order valence-electron chi connectivity index (χ4n) is 3.14. The van der Waals surface area contributed by atoms with Gasteiger partial charge in [0.2, 0.25) is 6.41 Å². The Hall–Kier alpha value is -3.97. The van der Waals surface area contributed by atoms with E-state index in [9.17, 15) is 24.6 Å². The van der Waals surface area contributed by atoms with Gasteiger partial charge >= 0.3 is 11.9 Å². The van der Waals surface area contributed by atoms with Gasteiger partial charge in [0.1, 0.15) is 23.4 Å². The van der Waals surface area contributed by atoms with Crippen LogP contribution in [0.25, 0.3) is 0 Å². The number of phenols is 1. The molecule has 0 bridgehead atoms. The molecule has 0 aliphatic heterocycles. The van der Waals surface area contributed by atoms with Crippen LogP contribution in [0.3, 0.4) is 0 Å². The van der Waals surface area contributed by atoms with Crippen LogP contribution in [0.5, 0.6) is 11.5 Å². The maximum atomic E-state index is 11.7. The molecule has 8 N–H and O–H groups in total. The summed E-state index contributed by atoms with van der Waals surface area (Å²) in [7, 11) is 1.61. The van der Waals surface area contributed by atoms with Gasteiger partial charge in [-0.15, -0.1) is 5.06 Å². The van der Waals surface area contributed by atoms with E-state index in [2.05, 4.69) is 5.32 Å². The summed E-state index contributed by atoms with van der Waals surface area (Å²) < 4.78 is 5.15. The molecule has 1 amide bonds. The van der Waals surface area contributed by atoms with Gasteiger partial charge in [0, 0.05) is 24.6 Å². The fraction of sp³-hybridized carbons (Fsp3) is 0.292. The number of amides is 1. The number of anilines is 1. The van der Waals surface area contributed by atoms with Crippen LogP contribution in [0.2, 0.25) is 0 Å². The first-order chi connectivity index (χ1) is 16.2. The zero-order valence-electron chi connectivity index (χ0n) is 19.9. The number of nitrogens with one attached hydrogen (secondary N) is 1. The number of ether oxygens (including phenoxy) is 1. The van der Waals surface area contributed by atoms with Crippen molar-refractivity contribution in [3.63, 3.8) is 0 Å². The molecular formula is C24H32N2O10. The molecule has 36 heavy (non-hydrogen) atoms. The summed E-state index contributed by atoms with van der Waals surface area (Å²) in [6, 6.07) is 12.0. The third kappa shape index (κ3) is 10.5. The number of carbonyl (C=O) groups is 3. The van der Waals surface area contributed by atoms with Gasteiger partial charge < -0.3 is 35.8 Å². The highest BCUT2D eigenvalue weighted by molar-refractivity contribution is 5.92. The number of benzene rings is 2. The molecule has 0 aliphatic rings. The van der Waals surface area contributed by atoms with E-state index < -0.39 is 18.2 Å². The molecule has 0 radical (unpaired) electrons. The number of aliphatic carboxylic acids is 1. The van der Waals surface area contributed by atoms with E-state index in [1.54, 1.807) is 13.2 Å². The summed E-state index contributed by atoms with van der Waals surface area (Å²) in [5, 5.41) is 32.6. The van der Waals surface area contributed by atoms with Crippen molar-refractivity contribution in [2.45, 2.75) is 38.5 Å². The predicted molar refractivity (Wildman–Crippen MR) is 130 cm³/mol. The molecule has 0 saturated heterocycles. The maximum Gasteiger partial charge on any atom is 0.356 e. The Bertz CT molecular complexity index is 1010. The lowest BCUT2D eigenvalue weighted by molar-refractivity contribution is -0.142. The van der Waals surface area contributed by atoms with Gasteiger partial charge in [0.15, 0.2) is 0 Å². The SMILES string of the molecule is COc1ccc(CCC(C)NC(O)Cc2ccc(O)c(N(C=O)OC(=O)/C=C/C(=O)O)c2)cc1.O.O. The van der Waals surface area contributed by atoms with Crippen LogP contribution in [-0.4, -0.2) is 64.0 Å². The molecule has 2 aromatic rings. The number of aliphatic hydroxyl groups is 1. The summed E-state index contributed by atoms with van der Waals surface area (Å²) in [5.74, 6) is -2.04. The van der Waals surface area contributed by atoms with Crippen LogP contribution >= 0.6 is 0 Å². The average Bonchev–Trinajstić information content (AvgIpc) is 2.81. The predicted octanol–water partition coefficient (Wildman–Crippen LogP) is 0.285. The highest BCUT2D eigenvalue weighted by Gasteiger charge is 2.17. The van der Waals surface area contributed by atoms with Crippen LogP contribution < -0.4 is 15.1 Å². The number of aryl methyl sites for hydroxylation is 1. The van der Waals surface area contributed by atoms with Gasteiger partial charge in [0.25, 0.3) is 0 Å². The molecule has 2 rings (SSSR count). The number of hydrogen-bond donors (Lipinski definition) is 4. The van der Waals surface area contributed by atoms with Crippen molar-refractivity contribution < 1.29 is 50.2 Å². The van der Waals surface area contributed by atoms with Crippen molar-refractivity contribution in [1.29, 1.82) is 0 Å². The van der Waals surface area contributed by atoms with E-state index in [1.165, 1.54) is 12.1 Å². The number of methoxy groups -OCH3 is 1.